The van der Waals surface area contributed by atoms with Gasteiger partial charge in [-0.05, 0) is 41.8 Å². The van der Waals surface area contributed by atoms with Gasteiger partial charge in [0, 0.05) is 16.1 Å². The normalized spacial score (nSPS) is 16.2. The van der Waals surface area contributed by atoms with Crippen molar-refractivity contribution < 1.29 is 27.6 Å². The molecule has 3 heterocycles. The summed E-state index contributed by atoms with van der Waals surface area (Å²) in [6, 6.07) is 14.2. The van der Waals surface area contributed by atoms with E-state index in [1.54, 1.807) is 24.3 Å². The van der Waals surface area contributed by atoms with Gasteiger partial charge in [-0.25, -0.2) is 9.89 Å². The monoisotopic (exact) mass is 571 g/mol. The molecule has 2 aromatic carbocycles. The zero-order chi connectivity index (χ0) is 27.6. The fourth-order valence-electron chi connectivity index (χ4n) is 3.98. The van der Waals surface area contributed by atoms with Gasteiger partial charge in [-0.2, -0.15) is 13.2 Å². The van der Waals surface area contributed by atoms with Crippen molar-refractivity contribution in [3.8, 4) is 0 Å². The second-order valence-electron chi connectivity index (χ2n) is 8.53. The number of amides is 3. The van der Waals surface area contributed by atoms with Crippen molar-refractivity contribution in [1.29, 1.82) is 0 Å². The number of aliphatic imine (C=N–C) groups is 2. The van der Waals surface area contributed by atoms with Crippen LogP contribution in [-0.4, -0.2) is 45.4 Å². The number of hydrogen-bond donors (Lipinski definition) is 2. The van der Waals surface area contributed by atoms with Crippen molar-refractivity contribution in [1.82, 2.24) is 10.2 Å². The van der Waals surface area contributed by atoms with Crippen LogP contribution in [0.25, 0.3) is 0 Å². The summed E-state index contributed by atoms with van der Waals surface area (Å²) in [4.78, 5) is 49.8. The minimum Gasteiger partial charge on any atom is -0.351 e. The summed E-state index contributed by atoms with van der Waals surface area (Å²) >= 11 is 2.46. The van der Waals surface area contributed by atoms with Gasteiger partial charge in [0.2, 0.25) is 11.8 Å². The van der Waals surface area contributed by atoms with Crippen LogP contribution in [0, 0.1) is 0 Å². The maximum Gasteiger partial charge on any atom is 0.416 e. The second kappa shape index (κ2) is 11.0. The third-order valence-electron chi connectivity index (χ3n) is 5.77. The summed E-state index contributed by atoms with van der Waals surface area (Å²) in [6.45, 7) is 0.351. The summed E-state index contributed by atoms with van der Waals surface area (Å²) in [7, 11) is 0. The van der Waals surface area contributed by atoms with Crippen LogP contribution < -0.4 is 10.6 Å². The molecule has 0 bridgehead atoms. The third kappa shape index (κ3) is 6.04. The molecule has 1 aromatic heterocycles. The zero-order valence-electron chi connectivity index (χ0n) is 20.1. The number of amidine groups is 2. The van der Waals surface area contributed by atoms with Gasteiger partial charge in [-0.1, -0.05) is 36.0 Å². The van der Waals surface area contributed by atoms with E-state index in [4.69, 9.17) is 0 Å². The van der Waals surface area contributed by atoms with E-state index in [2.05, 4.69) is 20.6 Å². The number of alkyl halides is 3. The van der Waals surface area contributed by atoms with Crippen LogP contribution in [0.3, 0.4) is 0 Å². The van der Waals surface area contributed by atoms with Gasteiger partial charge in [0.05, 0.1) is 30.0 Å². The van der Waals surface area contributed by atoms with Gasteiger partial charge in [0.1, 0.15) is 11.9 Å². The molecule has 3 amide bonds. The highest BCUT2D eigenvalue weighted by Crippen LogP contribution is 2.34. The van der Waals surface area contributed by atoms with E-state index in [1.165, 1.54) is 28.4 Å². The van der Waals surface area contributed by atoms with Gasteiger partial charge < -0.3 is 10.6 Å². The number of benzene rings is 2. The number of carbonyl (C=O) groups excluding carboxylic acids is 3. The molecular formula is C26H20F3N5O3S2. The molecule has 13 heteroatoms. The fourth-order valence-corrected chi connectivity index (χ4v) is 5.42. The molecular weight excluding hydrogens is 551 g/mol. The Labute approximate surface area is 229 Å². The molecule has 5 rings (SSSR count). The molecule has 39 heavy (non-hydrogen) atoms. The maximum absolute atomic E-state index is 13.3. The van der Waals surface area contributed by atoms with E-state index in [0.29, 0.717) is 23.6 Å². The van der Waals surface area contributed by atoms with Crippen LogP contribution in [-0.2, 0) is 27.1 Å². The predicted molar refractivity (Wildman–Crippen MR) is 144 cm³/mol. The first kappa shape index (κ1) is 26.6. The molecule has 0 spiro atoms. The smallest absolute Gasteiger partial charge is 0.351 e. The van der Waals surface area contributed by atoms with Crippen LogP contribution in [0.2, 0.25) is 0 Å². The van der Waals surface area contributed by atoms with Crippen molar-refractivity contribution in [2.45, 2.75) is 25.2 Å². The predicted octanol–water partition coefficient (Wildman–Crippen LogP) is 4.80. The molecule has 2 N–H and O–H groups in total. The summed E-state index contributed by atoms with van der Waals surface area (Å²) in [5, 5.41) is 7.33. The van der Waals surface area contributed by atoms with Crippen LogP contribution in [0.1, 0.15) is 22.4 Å². The number of nitrogens with zero attached hydrogens (tertiary/aromatic N) is 3. The lowest BCUT2D eigenvalue weighted by atomic mass is 10.1. The number of thioether (sulfide) groups is 1. The molecule has 8 nitrogen and oxygen atoms in total. The molecule has 200 valence electrons. The Balaban J connectivity index is 1.28. The number of hydrogen-bond acceptors (Lipinski definition) is 7. The summed E-state index contributed by atoms with van der Waals surface area (Å²) in [5.41, 5.74) is 0.281. The summed E-state index contributed by atoms with van der Waals surface area (Å²) in [5.74, 6) is -1.24. The lowest BCUT2D eigenvalue weighted by molar-refractivity contribution is -0.137. The Kier molecular flexibility index (Phi) is 7.53. The van der Waals surface area contributed by atoms with Crippen molar-refractivity contribution in [2.75, 3.05) is 11.1 Å². The molecule has 0 aliphatic carbocycles. The molecule has 2 aliphatic rings. The highest BCUT2D eigenvalue weighted by molar-refractivity contribution is 8.14. The minimum atomic E-state index is -4.54. The zero-order valence-corrected chi connectivity index (χ0v) is 21.7. The Morgan fingerprint density at radius 2 is 1.87 bits per heavy atom. The number of fused-ring (bicyclic) bond motifs is 3. The number of nitrogens with one attached hydrogen (secondary N) is 2. The van der Waals surface area contributed by atoms with Crippen molar-refractivity contribution in [3.05, 3.63) is 82.0 Å². The number of halogens is 3. The number of para-hydroxylation sites is 1. The molecule has 2 aliphatic heterocycles. The Bertz CT molecular complexity index is 1490. The first-order valence-corrected chi connectivity index (χ1v) is 13.5. The largest absolute Gasteiger partial charge is 0.416 e. The number of rotatable bonds is 7. The van der Waals surface area contributed by atoms with Crippen LogP contribution >= 0.6 is 23.1 Å². The molecule has 0 saturated carbocycles. The minimum absolute atomic E-state index is 0.000483. The molecule has 0 saturated heterocycles. The Morgan fingerprint density at radius 3 is 2.64 bits per heavy atom. The average molecular weight is 572 g/mol. The Morgan fingerprint density at radius 1 is 1.05 bits per heavy atom. The highest BCUT2D eigenvalue weighted by atomic mass is 32.2. The van der Waals surface area contributed by atoms with Crippen LogP contribution in [0.15, 0.2) is 76.0 Å². The SMILES string of the molecule is O=C(C[C@H]1N=C2c3ccccc3N=C(SCC(=O)Nc3cccc(C(F)(F)F)c3)N2C1=O)NCc1cccs1. The van der Waals surface area contributed by atoms with E-state index in [0.717, 1.165) is 28.8 Å². The van der Waals surface area contributed by atoms with Gasteiger partial charge in [-0.15, -0.1) is 11.3 Å². The maximum atomic E-state index is 13.3. The summed E-state index contributed by atoms with van der Waals surface area (Å²) in [6.07, 6.45) is -4.69. The quantitative estimate of drug-likeness (QED) is 0.425. The molecule has 0 radical (unpaired) electrons. The fraction of sp³-hybridized carbons (Fsp3) is 0.192. The van der Waals surface area contributed by atoms with Crippen LogP contribution in [0.4, 0.5) is 24.5 Å². The number of thiophene rings is 1. The van der Waals surface area contributed by atoms with Crippen LogP contribution in [0.5, 0.6) is 0 Å². The molecule has 0 unspecified atom stereocenters. The van der Waals surface area contributed by atoms with Crippen molar-refractivity contribution in [2.24, 2.45) is 9.98 Å². The molecule has 0 fully saturated rings. The van der Waals surface area contributed by atoms with E-state index < -0.39 is 29.6 Å². The second-order valence-corrected chi connectivity index (χ2v) is 10.5. The number of carbonyl (C=O) groups is 3. The standard InChI is InChI=1S/C26H20F3N5O3S2/c27-26(28,29)15-5-3-6-16(11-15)31-22(36)14-39-25-33-19-9-2-1-8-18(19)23-32-20(24(37)34(23)25)12-21(35)30-13-17-7-4-10-38-17/h1-11,20H,12-14H2,(H,30,35)(H,31,36)/t20-/m1/s1. The molecule has 3 aromatic rings. The first-order chi connectivity index (χ1) is 18.7. The van der Waals surface area contributed by atoms with Crippen molar-refractivity contribution in [3.63, 3.8) is 0 Å². The third-order valence-corrected chi connectivity index (χ3v) is 7.59. The van der Waals surface area contributed by atoms with Gasteiger partial charge in [0.25, 0.3) is 5.91 Å². The topological polar surface area (TPSA) is 103 Å². The average Bonchev–Trinajstić information content (AvgIpc) is 3.54. The van der Waals surface area contributed by atoms with E-state index in [1.807, 2.05) is 17.5 Å². The van der Waals surface area contributed by atoms with Crippen molar-refractivity contribution >= 4 is 63.2 Å². The van der Waals surface area contributed by atoms with E-state index in [-0.39, 0.29) is 28.9 Å². The lowest BCUT2D eigenvalue weighted by Gasteiger charge is -2.25. The van der Waals surface area contributed by atoms with Gasteiger partial charge >= 0.3 is 6.18 Å². The molecule has 1 atom stereocenters. The summed E-state index contributed by atoms with van der Waals surface area (Å²) < 4.78 is 39.0. The number of anilines is 1. The Hall–Kier alpha value is -3.97. The first-order valence-electron chi connectivity index (χ1n) is 11.7. The van der Waals surface area contributed by atoms with E-state index >= 15 is 0 Å². The van der Waals surface area contributed by atoms with Gasteiger partial charge in [-0.3, -0.25) is 19.4 Å². The van der Waals surface area contributed by atoms with E-state index in [9.17, 15) is 27.6 Å². The highest BCUT2D eigenvalue weighted by Gasteiger charge is 2.42. The lowest BCUT2D eigenvalue weighted by Crippen LogP contribution is -2.42. The van der Waals surface area contributed by atoms with Gasteiger partial charge in [0.15, 0.2) is 5.17 Å².